The van der Waals surface area contributed by atoms with Crippen molar-refractivity contribution in [2.45, 2.75) is 43.2 Å². The molecular formula is C33H27N7O8. The summed E-state index contributed by atoms with van der Waals surface area (Å²) in [5.74, 6) is -1.74. The van der Waals surface area contributed by atoms with E-state index in [0.29, 0.717) is 16.9 Å². The molecule has 3 aliphatic rings. The van der Waals surface area contributed by atoms with E-state index in [-0.39, 0.29) is 36.1 Å². The summed E-state index contributed by atoms with van der Waals surface area (Å²) < 4.78 is 26.9. The van der Waals surface area contributed by atoms with Crippen LogP contribution in [0.1, 0.15) is 33.6 Å². The number of pyridine rings is 1. The Kier molecular flexibility index (Phi) is 7.47. The van der Waals surface area contributed by atoms with Crippen molar-refractivity contribution in [3.8, 4) is 5.88 Å². The monoisotopic (exact) mass is 649 g/mol. The number of ether oxygens (including phenoxy) is 4. The first-order valence-electron chi connectivity index (χ1n) is 15.1. The zero-order chi connectivity index (χ0) is 32.8. The molecule has 5 heterocycles. The Morgan fingerprint density at radius 2 is 1.73 bits per heavy atom. The number of benzene rings is 2. The molecule has 48 heavy (non-hydrogen) atoms. The summed E-state index contributed by atoms with van der Waals surface area (Å²) in [6.45, 7) is -0.131. The van der Waals surface area contributed by atoms with Gasteiger partial charge in [-0.05, 0) is 35.4 Å². The molecule has 3 N–H and O–H groups in total. The lowest BCUT2D eigenvalue weighted by Gasteiger charge is -2.24. The third-order valence-electron chi connectivity index (χ3n) is 8.52. The highest BCUT2D eigenvalue weighted by Crippen LogP contribution is 2.46. The van der Waals surface area contributed by atoms with Crippen LogP contribution in [0.4, 0.5) is 16.3 Å². The Labute approximate surface area is 271 Å². The molecule has 0 bridgehead atoms. The van der Waals surface area contributed by atoms with Gasteiger partial charge in [0, 0.05) is 18.3 Å². The lowest BCUT2D eigenvalue weighted by atomic mass is 10.0. The number of anilines is 2. The van der Waals surface area contributed by atoms with Gasteiger partial charge in [-0.1, -0.05) is 42.5 Å². The van der Waals surface area contributed by atoms with Gasteiger partial charge in [-0.2, -0.15) is 0 Å². The first-order valence-corrected chi connectivity index (χ1v) is 15.1. The molecule has 2 amide bonds. The van der Waals surface area contributed by atoms with Crippen molar-refractivity contribution in [1.29, 1.82) is 0 Å². The number of carboxylic acid groups (broad SMARTS) is 1. The lowest BCUT2D eigenvalue weighted by molar-refractivity contribution is -0.162. The van der Waals surface area contributed by atoms with Crippen LogP contribution in [0.3, 0.4) is 0 Å². The molecule has 6 atom stereocenters. The summed E-state index contributed by atoms with van der Waals surface area (Å²) in [6, 6.07) is 18.9. The van der Waals surface area contributed by atoms with E-state index in [9.17, 15) is 19.5 Å². The van der Waals surface area contributed by atoms with Crippen LogP contribution in [0.15, 0.2) is 85.6 Å². The van der Waals surface area contributed by atoms with E-state index < -0.39 is 48.7 Å². The highest BCUT2D eigenvalue weighted by Gasteiger charge is 2.57. The number of hydrogen-bond acceptors (Lipinski definition) is 11. The number of fused-ring (bicyclic) bond motifs is 3. The SMILES string of the molecule is O=C(Nc1ccccc1)Nc1ncnc2c1ncn2C1OC(COc2ncccc2C(=O)O)C2OC(C3C(=O)Cc4ccccc43)OC21. The van der Waals surface area contributed by atoms with E-state index >= 15 is 0 Å². The maximum Gasteiger partial charge on any atom is 0.341 e. The van der Waals surface area contributed by atoms with Gasteiger partial charge in [-0.15, -0.1) is 0 Å². The van der Waals surface area contributed by atoms with Gasteiger partial charge in [0.15, 0.2) is 29.5 Å². The number of aromatic nitrogens is 5. The van der Waals surface area contributed by atoms with Crippen molar-refractivity contribution in [3.63, 3.8) is 0 Å². The smallest absolute Gasteiger partial charge is 0.341 e. The van der Waals surface area contributed by atoms with Crippen LogP contribution in [-0.2, 0) is 25.4 Å². The second-order valence-electron chi connectivity index (χ2n) is 11.4. The number of ketones is 1. The standard InChI is InChI=1S/C33H27N7O8/c41-21-13-17-7-4-5-10-19(17)23(21)32-47-25-22(14-45-29-20(31(42)43)11-6-12-34-29)46-30(26(25)48-32)40-16-37-24-27(35-15-36-28(24)40)39-33(44)38-18-8-2-1-3-9-18/h1-12,15-16,22-23,25-26,30,32H,13-14H2,(H,42,43)(H2,35,36,38,39,44). The van der Waals surface area contributed by atoms with E-state index in [1.165, 1.54) is 31.0 Å². The fourth-order valence-electron chi connectivity index (χ4n) is 6.39. The minimum absolute atomic E-state index is 0.0173. The highest BCUT2D eigenvalue weighted by molar-refractivity contribution is 6.03. The summed E-state index contributed by atoms with van der Waals surface area (Å²) in [5.41, 5.74) is 2.92. The molecule has 1 aliphatic carbocycles. The van der Waals surface area contributed by atoms with E-state index in [0.717, 1.165) is 11.1 Å². The van der Waals surface area contributed by atoms with E-state index in [1.807, 2.05) is 30.3 Å². The molecule has 6 unspecified atom stereocenters. The predicted octanol–water partition coefficient (Wildman–Crippen LogP) is 3.56. The number of imidazole rings is 1. The zero-order valence-electron chi connectivity index (χ0n) is 25.0. The minimum atomic E-state index is -1.19. The second kappa shape index (κ2) is 12.1. The van der Waals surface area contributed by atoms with Gasteiger partial charge in [-0.25, -0.2) is 29.5 Å². The number of carbonyl (C=O) groups excluding carboxylic acids is 2. The van der Waals surface area contributed by atoms with Crippen molar-refractivity contribution in [3.05, 3.63) is 102 Å². The molecule has 0 spiro atoms. The molecule has 8 rings (SSSR count). The van der Waals surface area contributed by atoms with Gasteiger partial charge in [0.2, 0.25) is 5.88 Å². The summed E-state index contributed by atoms with van der Waals surface area (Å²) >= 11 is 0. The Bertz CT molecular complexity index is 2040. The fraction of sp³-hybridized carbons (Fsp3) is 0.242. The third-order valence-corrected chi connectivity index (χ3v) is 8.52. The number of urea groups is 1. The number of para-hydroxylation sites is 1. The topological polar surface area (TPSA) is 189 Å². The molecule has 2 aliphatic heterocycles. The van der Waals surface area contributed by atoms with Gasteiger partial charge in [-0.3, -0.25) is 14.7 Å². The number of hydrogen-bond donors (Lipinski definition) is 3. The molecule has 2 fully saturated rings. The summed E-state index contributed by atoms with van der Waals surface area (Å²) in [6.07, 6.45) is 0.520. The molecular weight excluding hydrogens is 622 g/mol. The first-order chi connectivity index (χ1) is 23.4. The van der Waals surface area contributed by atoms with Crippen molar-refractivity contribution in [1.82, 2.24) is 24.5 Å². The van der Waals surface area contributed by atoms with E-state index in [1.54, 1.807) is 28.8 Å². The average Bonchev–Trinajstić information content (AvgIpc) is 3.86. The number of amides is 2. The van der Waals surface area contributed by atoms with Gasteiger partial charge in [0.1, 0.15) is 42.6 Å². The maximum atomic E-state index is 13.2. The largest absolute Gasteiger partial charge is 0.477 e. The number of carbonyl (C=O) groups is 3. The quantitative estimate of drug-likeness (QED) is 0.222. The van der Waals surface area contributed by atoms with Crippen LogP contribution in [0.2, 0.25) is 0 Å². The van der Waals surface area contributed by atoms with Crippen molar-refractivity contribution >= 4 is 40.5 Å². The van der Waals surface area contributed by atoms with Crippen LogP contribution in [0.5, 0.6) is 5.88 Å². The normalized spacial score (nSPS) is 24.3. The zero-order valence-corrected chi connectivity index (χ0v) is 25.0. The molecule has 5 aromatic rings. The van der Waals surface area contributed by atoms with Gasteiger partial charge >= 0.3 is 12.0 Å². The Morgan fingerprint density at radius 3 is 2.58 bits per heavy atom. The van der Waals surface area contributed by atoms with Gasteiger partial charge in [0.05, 0.1) is 12.2 Å². The van der Waals surface area contributed by atoms with Crippen molar-refractivity contribution in [2.24, 2.45) is 0 Å². The molecule has 2 aromatic carbocycles. The molecule has 0 saturated carbocycles. The number of carboxylic acids is 1. The van der Waals surface area contributed by atoms with Gasteiger partial charge in [0.25, 0.3) is 0 Å². The number of rotatable bonds is 8. The predicted molar refractivity (Wildman–Crippen MR) is 166 cm³/mol. The summed E-state index contributed by atoms with van der Waals surface area (Å²) in [7, 11) is 0. The molecule has 15 nitrogen and oxygen atoms in total. The molecule has 15 heteroatoms. The minimum Gasteiger partial charge on any atom is -0.477 e. The number of aromatic carboxylic acids is 1. The Balaban J connectivity index is 1.09. The van der Waals surface area contributed by atoms with Gasteiger partial charge < -0.3 is 29.4 Å². The van der Waals surface area contributed by atoms with Crippen LogP contribution < -0.4 is 15.4 Å². The van der Waals surface area contributed by atoms with Crippen LogP contribution in [-0.4, -0.2) is 78.6 Å². The number of Topliss-reactive ketones (excluding diaryl/α,β-unsaturated/α-hetero) is 1. The van der Waals surface area contributed by atoms with Crippen LogP contribution >= 0.6 is 0 Å². The first kappa shape index (κ1) is 29.6. The Morgan fingerprint density at radius 1 is 0.917 bits per heavy atom. The molecule has 2 saturated heterocycles. The summed E-state index contributed by atoms with van der Waals surface area (Å²) in [5, 5.41) is 15.1. The van der Waals surface area contributed by atoms with Crippen molar-refractivity contribution < 1.29 is 38.4 Å². The third kappa shape index (κ3) is 5.29. The van der Waals surface area contributed by atoms with Crippen LogP contribution in [0.25, 0.3) is 11.2 Å². The van der Waals surface area contributed by atoms with E-state index in [2.05, 4.69) is 30.6 Å². The molecule has 3 aromatic heterocycles. The second-order valence-corrected chi connectivity index (χ2v) is 11.4. The van der Waals surface area contributed by atoms with E-state index in [4.69, 9.17) is 18.9 Å². The Hall–Kier alpha value is -5.77. The number of nitrogens with zero attached hydrogens (tertiary/aromatic N) is 5. The number of nitrogens with one attached hydrogen (secondary N) is 2. The maximum absolute atomic E-state index is 13.2. The fourth-order valence-corrected chi connectivity index (χ4v) is 6.39. The highest BCUT2D eigenvalue weighted by atomic mass is 16.8. The molecule has 242 valence electrons. The summed E-state index contributed by atoms with van der Waals surface area (Å²) in [4.78, 5) is 54.9. The average molecular weight is 650 g/mol. The van der Waals surface area contributed by atoms with Crippen molar-refractivity contribution in [2.75, 3.05) is 17.2 Å². The van der Waals surface area contributed by atoms with Crippen LogP contribution in [0, 0.1) is 0 Å². The lowest BCUT2D eigenvalue weighted by Crippen LogP contribution is -2.34. The molecule has 0 radical (unpaired) electrons.